The molecular weight excluding hydrogens is 466 g/mol. The summed E-state index contributed by atoms with van der Waals surface area (Å²) in [5, 5.41) is 6.28. The van der Waals surface area contributed by atoms with Gasteiger partial charge in [-0.1, -0.05) is 23.9 Å². The van der Waals surface area contributed by atoms with E-state index in [1.165, 1.54) is 11.8 Å². The molecule has 5 rings (SSSR count). The number of carbonyl (C=O) groups is 2. The molecule has 0 unspecified atom stereocenters. The number of benzene rings is 2. The third kappa shape index (κ3) is 5.07. The minimum Gasteiger partial charge on any atom is -0.454 e. The number of para-hydroxylation sites is 2. The number of fused-ring (bicyclic) bond motifs is 2. The Bertz CT molecular complexity index is 1400. The number of ether oxygens (including phenoxy) is 2. The highest BCUT2D eigenvalue weighted by molar-refractivity contribution is 8.00. The summed E-state index contributed by atoms with van der Waals surface area (Å²) >= 11 is 1.21. The number of thioether (sulfide) groups is 1. The largest absolute Gasteiger partial charge is 0.454 e. The van der Waals surface area contributed by atoms with Crippen molar-refractivity contribution in [2.45, 2.75) is 18.5 Å². The lowest BCUT2D eigenvalue weighted by Gasteiger charge is -2.11. The summed E-state index contributed by atoms with van der Waals surface area (Å²) in [6, 6.07) is 16.5. The lowest BCUT2D eigenvalue weighted by atomic mass is 10.2. The molecule has 10 heteroatoms. The van der Waals surface area contributed by atoms with Gasteiger partial charge >= 0.3 is 0 Å². The molecule has 9 nitrogen and oxygen atoms in total. The Balaban J connectivity index is 1.17. The third-order valence-electron chi connectivity index (χ3n) is 5.48. The molecule has 2 aromatic heterocycles. The molecule has 2 N–H and O–H groups in total. The normalized spacial score (nSPS) is 12.0. The zero-order chi connectivity index (χ0) is 24.2. The van der Waals surface area contributed by atoms with Crippen molar-refractivity contribution in [3.8, 4) is 11.5 Å². The van der Waals surface area contributed by atoms with E-state index >= 15 is 0 Å². The second-order valence-electron chi connectivity index (χ2n) is 7.82. The molecule has 0 fully saturated rings. The van der Waals surface area contributed by atoms with E-state index in [-0.39, 0.29) is 24.4 Å². The van der Waals surface area contributed by atoms with Crippen LogP contribution in [0.4, 0.5) is 5.69 Å². The first-order chi connectivity index (χ1) is 17.1. The molecule has 0 saturated carbocycles. The van der Waals surface area contributed by atoms with Crippen LogP contribution in [0.5, 0.6) is 11.5 Å². The van der Waals surface area contributed by atoms with Crippen LogP contribution in [0.2, 0.25) is 0 Å². The molecule has 0 atom stereocenters. The van der Waals surface area contributed by atoms with Crippen LogP contribution < -0.4 is 20.1 Å². The average Bonchev–Trinajstić information content (AvgIpc) is 3.46. The Morgan fingerprint density at radius 2 is 1.94 bits per heavy atom. The van der Waals surface area contributed by atoms with Gasteiger partial charge in [-0.05, 0) is 43.3 Å². The molecule has 0 aliphatic carbocycles. The van der Waals surface area contributed by atoms with Crippen LogP contribution in [0, 0.1) is 6.92 Å². The molecule has 0 saturated heterocycles. The van der Waals surface area contributed by atoms with Gasteiger partial charge in [-0.3, -0.25) is 9.59 Å². The number of nitrogens with zero attached hydrogens (tertiary/aromatic N) is 3. The molecule has 1 aliphatic rings. The second-order valence-corrected chi connectivity index (χ2v) is 8.78. The lowest BCUT2D eigenvalue weighted by molar-refractivity contribution is -0.113. The van der Waals surface area contributed by atoms with Crippen molar-refractivity contribution in [1.29, 1.82) is 0 Å². The molecule has 0 bridgehead atoms. The van der Waals surface area contributed by atoms with Crippen LogP contribution in [0.15, 0.2) is 65.8 Å². The Labute approximate surface area is 205 Å². The average molecular weight is 490 g/mol. The van der Waals surface area contributed by atoms with E-state index in [0.717, 1.165) is 16.9 Å². The predicted octanol–water partition coefficient (Wildman–Crippen LogP) is 3.63. The number of aryl methyl sites for hydroxylation is 1. The number of imidazole rings is 1. The maximum atomic E-state index is 12.9. The summed E-state index contributed by atoms with van der Waals surface area (Å²) in [7, 11) is 0. The minimum atomic E-state index is -0.237. The SMILES string of the molecule is Cc1nc2ccccc2n1CCNC(=O)c1cccnc1SCC(=O)Nc1ccc2c(c1)OCO2. The zero-order valence-corrected chi connectivity index (χ0v) is 19.8. The predicted molar refractivity (Wildman–Crippen MR) is 133 cm³/mol. The van der Waals surface area contributed by atoms with Gasteiger partial charge in [0, 0.05) is 31.0 Å². The van der Waals surface area contributed by atoms with Crippen LogP contribution in [0.1, 0.15) is 16.2 Å². The van der Waals surface area contributed by atoms with E-state index in [4.69, 9.17) is 9.47 Å². The molecule has 0 spiro atoms. The Morgan fingerprint density at radius 3 is 2.86 bits per heavy atom. The lowest BCUT2D eigenvalue weighted by Crippen LogP contribution is -2.28. The van der Waals surface area contributed by atoms with E-state index in [2.05, 4.69) is 25.2 Å². The highest BCUT2D eigenvalue weighted by Gasteiger charge is 2.16. The number of amides is 2. The quantitative estimate of drug-likeness (QED) is 0.364. The van der Waals surface area contributed by atoms with Gasteiger partial charge in [0.15, 0.2) is 11.5 Å². The Hall–Kier alpha value is -4.05. The topological polar surface area (TPSA) is 107 Å². The van der Waals surface area contributed by atoms with Crippen molar-refractivity contribution < 1.29 is 19.1 Å². The first-order valence-electron chi connectivity index (χ1n) is 11.1. The zero-order valence-electron chi connectivity index (χ0n) is 19.0. The van der Waals surface area contributed by atoms with Crippen molar-refractivity contribution in [3.63, 3.8) is 0 Å². The number of pyridine rings is 1. The summed E-state index contributed by atoms with van der Waals surface area (Å²) < 4.78 is 12.7. The van der Waals surface area contributed by atoms with Crippen molar-refractivity contribution in [3.05, 3.63) is 72.2 Å². The molecule has 4 aromatic rings. The standard InChI is InChI=1S/C25H23N5O4S/c1-16-28-19-6-2-3-7-20(19)30(16)12-11-26-24(32)18-5-4-10-27-25(18)35-14-23(31)29-17-8-9-21-22(13-17)34-15-33-21/h2-10,13H,11-12,14-15H2,1H3,(H,26,32)(H,29,31). The van der Waals surface area contributed by atoms with E-state index in [1.54, 1.807) is 36.5 Å². The van der Waals surface area contributed by atoms with Crippen LogP contribution in [0.25, 0.3) is 11.0 Å². The van der Waals surface area contributed by atoms with Crippen LogP contribution >= 0.6 is 11.8 Å². The highest BCUT2D eigenvalue weighted by Crippen LogP contribution is 2.34. The van der Waals surface area contributed by atoms with Gasteiger partial charge in [0.25, 0.3) is 5.91 Å². The fraction of sp³-hybridized carbons (Fsp3) is 0.200. The molecular formula is C25H23N5O4S. The smallest absolute Gasteiger partial charge is 0.254 e. The van der Waals surface area contributed by atoms with E-state index in [0.29, 0.717) is 40.9 Å². The minimum absolute atomic E-state index is 0.103. The van der Waals surface area contributed by atoms with E-state index in [1.807, 2.05) is 31.2 Å². The first kappa shape index (κ1) is 22.7. The van der Waals surface area contributed by atoms with Gasteiger partial charge in [0.1, 0.15) is 10.9 Å². The number of carbonyl (C=O) groups excluding carboxylic acids is 2. The highest BCUT2D eigenvalue weighted by atomic mass is 32.2. The Morgan fingerprint density at radius 1 is 1.09 bits per heavy atom. The monoisotopic (exact) mass is 489 g/mol. The van der Waals surface area contributed by atoms with Gasteiger partial charge in [-0.25, -0.2) is 9.97 Å². The third-order valence-corrected chi connectivity index (χ3v) is 6.48. The molecule has 1 aliphatic heterocycles. The number of nitrogens with one attached hydrogen (secondary N) is 2. The fourth-order valence-electron chi connectivity index (χ4n) is 3.84. The summed E-state index contributed by atoms with van der Waals surface area (Å²) in [4.78, 5) is 34.2. The second kappa shape index (κ2) is 10.1. The molecule has 178 valence electrons. The van der Waals surface area contributed by atoms with Crippen LogP contribution in [0.3, 0.4) is 0 Å². The number of rotatable bonds is 8. The van der Waals surface area contributed by atoms with E-state index < -0.39 is 0 Å². The summed E-state index contributed by atoms with van der Waals surface area (Å²) in [5.41, 5.74) is 3.01. The summed E-state index contributed by atoms with van der Waals surface area (Å²) in [6.45, 7) is 3.15. The molecule has 0 radical (unpaired) electrons. The van der Waals surface area contributed by atoms with Gasteiger partial charge in [0.2, 0.25) is 12.7 Å². The van der Waals surface area contributed by atoms with Crippen LogP contribution in [-0.4, -0.2) is 45.4 Å². The van der Waals surface area contributed by atoms with Gasteiger partial charge in [-0.15, -0.1) is 0 Å². The molecule has 2 aromatic carbocycles. The number of aromatic nitrogens is 3. The van der Waals surface area contributed by atoms with E-state index in [9.17, 15) is 9.59 Å². The maximum Gasteiger partial charge on any atom is 0.254 e. The van der Waals surface area contributed by atoms with Crippen molar-refractivity contribution in [2.24, 2.45) is 0 Å². The summed E-state index contributed by atoms with van der Waals surface area (Å²) in [6.07, 6.45) is 1.61. The number of hydrogen-bond donors (Lipinski definition) is 2. The van der Waals surface area contributed by atoms with Gasteiger partial charge in [0.05, 0.1) is 22.3 Å². The first-order valence-corrected chi connectivity index (χ1v) is 12.0. The van der Waals surface area contributed by atoms with Gasteiger partial charge in [-0.2, -0.15) is 0 Å². The number of hydrogen-bond acceptors (Lipinski definition) is 7. The Kier molecular flexibility index (Phi) is 6.53. The fourth-order valence-corrected chi connectivity index (χ4v) is 4.63. The van der Waals surface area contributed by atoms with Crippen molar-refractivity contribution in [2.75, 3.05) is 24.4 Å². The van der Waals surface area contributed by atoms with Crippen molar-refractivity contribution >= 4 is 40.3 Å². The number of anilines is 1. The molecule has 2 amide bonds. The van der Waals surface area contributed by atoms with Crippen LogP contribution in [-0.2, 0) is 11.3 Å². The molecule has 35 heavy (non-hydrogen) atoms. The summed E-state index contributed by atoms with van der Waals surface area (Å²) in [5.74, 6) is 1.79. The van der Waals surface area contributed by atoms with Gasteiger partial charge < -0.3 is 24.7 Å². The molecule has 3 heterocycles. The van der Waals surface area contributed by atoms with Crippen molar-refractivity contribution in [1.82, 2.24) is 19.9 Å². The maximum absolute atomic E-state index is 12.9.